The maximum atomic E-state index is 12.0. The Morgan fingerprint density at radius 2 is 1.96 bits per heavy atom. The number of ether oxygens (including phenoxy) is 2. The minimum absolute atomic E-state index is 0.0363. The lowest BCUT2D eigenvalue weighted by Crippen LogP contribution is -2.35. The number of nitrogens with zero attached hydrogens (tertiary/aromatic N) is 1. The lowest BCUT2D eigenvalue weighted by atomic mass is 10.1. The normalized spacial score (nSPS) is 11.0. The first-order chi connectivity index (χ1) is 11.2. The Labute approximate surface area is 140 Å². The summed E-state index contributed by atoms with van der Waals surface area (Å²) in [4.78, 5) is 14.0. The van der Waals surface area contributed by atoms with Crippen LogP contribution in [0.15, 0.2) is 24.3 Å². The molecule has 0 bridgehead atoms. The molecule has 0 saturated carbocycles. The largest absolute Gasteiger partial charge is 0.385 e. The average Bonchev–Trinajstić information content (AvgIpc) is 2.54. The molecule has 5 heteroatoms. The lowest BCUT2D eigenvalue weighted by Gasteiger charge is -2.16. The zero-order valence-corrected chi connectivity index (χ0v) is 14.6. The van der Waals surface area contributed by atoms with Gasteiger partial charge in [0, 0.05) is 33.4 Å². The van der Waals surface area contributed by atoms with E-state index >= 15 is 0 Å². The minimum atomic E-state index is 0.0363. The van der Waals surface area contributed by atoms with E-state index in [0.717, 1.165) is 43.7 Å². The summed E-state index contributed by atoms with van der Waals surface area (Å²) in [5.74, 6) is 0.0363. The zero-order chi connectivity index (χ0) is 16.9. The number of methoxy groups -OCH3 is 1. The van der Waals surface area contributed by atoms with Crippen LogP contribution in [0.1, 0.15) is 30.9 Å². The fourth-order valence-corrected chi connectivity index (χ4v) is 2.25. The van der Waals surface area contributed by atoms with Crippen LogP contribution in [0.3, 0.4) is 0 Å². The van der Waals surface area contributed by atoms with Gasteiger partial charge in [-0.3, -0.25) is 9.69 Å². The van der Waals surface area contributed by atoms with Gasteiger partial charge in [-0.2, -0.15) is 0 Å². The van der Waals surface area contributed by atoms with Crippen molar-refractivity contribution in [2.75, 3.05) is 40.5 Å². The maximum Gasteiger partial charge on any atom is 0.234 e. The molecule has 0 spiro atoms. The van der Waals surface area contributed by atoms with E-state index in [-0.39, 0.29) is 5.91 Å². The molecule has 5 nitrogen and oxygen atoms in total. The second-order valence-corrected chi connectivity index (χ2v) is 5.68. The summed E-state index contributed by atoms with van der Waals surface area (Å²) in [5, 5.41) is 2.98. The van der Waals surface area contributed by atoms with Crippen LogP contribution in [0.25, 0.3) is 0 Å². The predicted molar refractivity (Wildman–Crippen MR) is 92.2 cm³/mol. The van der Waals surface area contributed by atoms with Crippen molar-refractivity contribution in [3.8, 4) is 0 Å². The Morgan fingerprint density at radius 1 is 1.22 bits per heavy atom. The number of hydrogen-bond acceptors (Lipinski definition) is 4. The molecule has 0 heterocycles. The topological polar surface area (TPSA) is 50.8 Å². The molecule has 130 valence electrons. The summed E-state index contributed by atoms with van der Waals surface area (Å²) in [6.45, 7) is 5.95. The summed E-state index contributed by atoms with van der Waals surface area (Å²) < 4.78 is 10.6. The number of carbonyl (C=O) groups excluding carboxylic acids is 1. The maximum absolute atomic E-state index is 12.0. The summed E-state index contributed by atoms with van der Waals surface area (Å²) in [6, 6.07) is 8.07. The lowest BCUT2D eigenvalue weighted by molar-refractivity contribution is -0.122. The molecule has 1 aromatic carbocycles. The van der Waals surface area contributed by atoms with E-state index in [2.05, 4.69) is 12.2 Å². The summed E-state index contributed by atoms with van der Waals surface area (Å²) >= 11 is 0. The molecule has 1 rings (SSSR count). The molecular weight excluding hydrogens is 292 g/mol. The molecule has 1 N–H and O–H groups in total. The van der Waals surface area contributed by atoms with E-state index in [4.69, 9.17) is 9.47 Å². The van der Waals surface area contributed by atoms with Gasteiger partial charge in [-0.15, -0.1) is 0 Å². The SMILES string of the molecule is CCCOCc1ccccc1CNC(=O)CN(C)CCCOC. The number of nitrogens with one attached hydrogen (secondary N) is 1. The number of rotatable bonds is 12. The van der Waals surface area contributed by atoms with E-state index in [1.165, 1.54) is 0 Å². The van der Waals surface area contributed by atoms with E-state index in [1.807, 2.05) is 36.2 Å². The average molecular weight is 322 g/mol. The molecule has 0 unspecified atom stereocenters. The fraction of sp³-hybridized carbons (Fsp3) is 0.611. The van der Waals surface area contributed by atoms with Gasteiger partial charge in [-0.05, 0) is 31.0 Å². The quantitative estimate of drug-likeness (QED) is 0.599. The van der Waals surface area contributed by atoms with Crippen LogP contribution in [-0.4, -0.2) is 51.3 Å². The van der Waals surface area contributed by atoms with Crippen LogP contribution in [0.5, 0.6) is 0 Å². The van der Waals surface area contributed by atoms with E-state index < -0.39 is 0 Å². The van der Waals surface area contributed by atoms with Crippen LogP contribution >= 0.6 is 0 Å². The highest BCUT2D eigenvalue weighted by molar-refractivity contribution is 5.78. The smallest absolute Gasteiger partial charge is 0.234 e. The van der Waals surface area contributed by atoms with Gasteiger partial charge in [0.15, 0.2) is 0 Å². The summed E-state index contributed by atoms with van der Waals surface area (Å²) in [7, 11) is 3.64. The highest BCUT2D eigenvalue weighted by atomic mass is 16.5. The molecule has 0 aliphatic carbocycles. The van der Waals surface area contributed by atoms with Crippen molar-refractivity contribution in [2.45, 2.75) is 32.9 Å². The molecular formula is C18H30N2O3. The van der Waals surface area contributed by atoms with Gasteiger partial charge in [0.2, 0.25) is 5.91 Å². The van der Waals surface area contributed by atoms with Crippen molar-refractivity contribution in [1.82, 2.24) is 10.2 Å². The molecule has 0 atom stereocenters. The third kappa shape index (κ3) is 8.69. The Hall–Kier alpha value is -1.43. The summed E-state index contributed by atoms with van der Waals surface area (Å²) in [5.41, 5.74) is 2.24. The second kappa shape index (κ2) is 12.0. The van der Waals surface area contributed by atoms with Crippen molar-refractivity contribution in [2.24, 2.45) is 0 Å². The second-order valence-electron chi connectivity index (χ2n) is 5.68. The van der Waals surface area contributed by atoms with E-state index in [9.17, 15) is 4.79 Å². The minimum Gasteiger partial charge on any atom is -0.385 e. The number of amides is 1. The first-order valence-electron chi connectivity index (χ1n) is 8.26. The highest BCUT2D eigenvalue weighted by Gasteiger charge is 2.08. The molecule has 0 saturated heterocycles. The first-order valence-corrected chi connectivity index (χ1v) is 8.26. The van der Waals surface area contributed by atoms with Crippen molar-refractivity contribution >= 4 is 5.91 Å². The molecule has 23 heavy (non-hydrogen) atoms. The van der Waals surface area contributed by atoms with Gasteiger partial charge in [-0.25, -0.2) is 0 Å². The predicted octanol–water partition coefficient (Wildman–Crippen LogP) is 2.20. The zero-order valence-electron chi connectivity index (χ0n) is 14.6. The molecule has 0 aromatic heterocycles. The van der Waals surface area contributed by atoms with Gasteiger partial charge in [-0.1, -0.05) is 31.2 Å². The standard InChI is InChI=1S/C18H30N2O3/c1-4-11-23-15-17-9-6-5-8-16(17)13-19-18(21)14-20(2)10-7-12-22-3/h5-6,8-9H,4,7,10-15H2,1-3H3,(H,19,21). The van der Waals surface area contributed by atoms with Gasteiger partial charge < -0.3 is 14.8 Å². The van der Waals surface area contributed by atoms with E-state index in [0.29, 0.717) is 19.7 Å². The van der Waals surface area contributed by atoms with Crippen LogP contribution in [0, 0.1) is 0 Å². The van der Waals surface area contributed by atoms with Crippen molar-refractivity contribution in [3.63, 3.8) is 0 Å². The Bertz CT molecular complexity index is 452. The first kappa shape index (κ1) is 19.6. The molecule has 0 aliphatic heterocycles. The molecule has 1 amide bonds. The molecule has 0 fully saturated rings. The van der Waals surface area contributed by atoms with Crippen LogP contribution in [0.4, 0.5) is 0 Å². The van der Waals surface area contributed by atoms with Gasteiger partial charge in [0.1, 0.15) is 0 Å². The number of benzene rings is 1. The van der Waals surface area contributed by atoms with Crippen molar-refractivity contribution < 1.29 is 14.3 Å². The molecule has 0 aliphatic rings. The summed E-state index contributed by atoms with van der Waals surface area (Å²) in [6.07, 6.45) is 1.94. The molecule has 1 aromatic rings. The fourth-order valence-electron chi connectivity index (χ4n) is 2.25. The van der Waals surface area contributed by atoms with Crippen LogP contribution < -0.4 is 5.32 Å². The van der Waals surface area contributed by atoms with E-state index in [1.54, 1.807) is 7.11 Å². The third-order valence-corrected chi connectivity index (χ3v) is 3.50. The van der Waals surface area contributed by atoms with Gasteiger partial charge in [0.05, 0.1) is 13.2 Å². The molecule has 0 radical (unpaired) electrons. The van der Waals surface area contributed by atoms with Crippen molar-refractivity contribution in [3.05, 3.63) is 35.4 Å². The van der Waals surface area contributed by atoms with Crippen LogP contribution in [0.2, 0.25) is 0 Å². The Morgan fingerprint density at radius 3 is 2.65 bits per heavy atom. The monoisotopic (exact) mass is 322 g/mol. The van der Waals surface area contributed by atoms with Crippen LogP contribution in [-0.2, 0) is 27.4 Å². The van der Waals surface area contributed by atoms with Crippen molar-refractivity contribution in [1.29, 1.82) is 0 Å². The van der Waals surface area contributed by atoms with Gasteiger partial charge >= 0.3 is 0 Å². The third-order valence-electron chi connectivity index (χ3n) is 3.50. The Kier molecular flexibility index (Phi) is 10.3. The number of carbonyl (C=O) groups is 1. The number of hydrogen-bond donors (Lipinski definition) is 1. The Balaban J connectivity index is 2.37. The highest BCUT2D eigenvalue weighted by Crippen LogP contribution is 2.10. The van der Waals surface area contributed by atoms with Gasteiger partial charge in [0.25, 0.3) is 0 Å². The number of likely N-dealkylation sites (N-methyl/N-ethyl adjacent to an activating group) is 1.